The van der Waals surface area contributed by atoms with E-state index >= 15 is 0 Å². The van der Waals surface area contributed by atoms with Crippen LogP contribution in [-0.2, 0) is 0 Å². The molecule has 0 spiro atoms. The van der Waals surface area contributed by atoms with Crippen molar-refractivity contribution in [3.8, 4) is 11.3 Å². The second-order valence-electron chi connectivity index (χ2n) is 4.50. The fourth-order valence-corrected chi connectivity index (χ4v) is 2.43. The number of nitrogens with zero attached hydrogens (tertiary/aromatic N) is 1. The standard InChI is InChI=1S/C16H9ClFNO2/c17-13-4-2-1-3-11(13)15-12-7-9(16(20)21)5-6-10(12)14(18)8-19-15/h1-8H,(H,20,21). The molecule has 0 unspecified atom stereocenters. The maximum absolute atomic E-state index is 13.9. The van der Waals surface area contributed by atoms with E-state index in [2.05, 4.69) is 4.98 Å². The van der Waals surface area contributed by atoms with Crippen LogP contribution in [0.5, 0.6) is 0 Å². The first-order chi connectivity index (χ1) is 10.1. The monoisotopic (exact) mass is 301 g/mol. The summed E-state index contributed by atoms with van der Waals surface area (Å²) < 4.78 is 13.9. The van der Waals surface area contributed by atoms with Gasteiger partial charge in [0.1, 0.15) is 5.82 Å². The molecule has 1 aromatic heterocycles. The van der Waals surface area contributed by atoms with Gasteiger partial charge in [-0.3, -0.25) is 4.98 Å². The van der Waals surface area contributed by atoms with Gasteiger partial charge in [-0.05, 0) is 18.2 Å². The third-order valence-electron chi connectivity index (χ3n) is 3.21. The van der Waals surface area contributed by atoms with Gasteiger partial charge in [0.2, 0.25) is 0 Å². The fourth-order valence-electron chi connectivity index (χ4n) is 2.21. The maximum atomic E-state index is 13.9. The minimum absolute atomic E-state index is 0.0724. The molecule has 2 aromatic carbocycles. The smallest absolute Gasteiger partial charge is 0.335 e. The van der Waals surface area contributed by atoms with Crippen LogP contribution in [-0.4, -0.2) is 16.1 Å². The average Bonchev–Trinajstić information content (AvgIpc) is 2.48. The highest BCUT2D eigenvalue weighted by Gasteiger charge is 2.14. The molecular formula is C16H9ClFNO2. The van der Waals surface area contributed by atoms with Crippen molar-refractivity contribution in [3.63, 3.8) is 0 Å². The highest BCUT2D eigenvalue weighted by Crippen LogP contribution is 2.33. The normalized spacial score (nSPS) is 10.8. The van der Waals surface area contributed by atoms with E-state index in [1.165, 1.54) is 18.2 Å². The lowest BCUT2D eigenvalue weighted by Crippen LogP contribution is -1.97. The molecule has 5 heteroatoms. The number of halogens is 2. The van der Waals surface area contributed by atoms with E-state index in [-0.39, 0.29) is 5.56 Å². The summed E-state index contributed by atoms with van der Waals surface area (Å²) in [7, 11) is 0. The number of carboxylic acid groups (broad SMARTS) is 1. The molecule has 0 radical (unpaired) electrons. The first kappa shape index (κ1) is 13.5. The van der Waals surface area contributed by atoms with Crippen molar-refractivity contribution in [1.82, 2.24) is 4.98 Å². The van der Waals surface area contributed by atoms with Gasteiger partial charge in [-0.2, -0.15) is 0 Å². The maximum Gasteiger partial charge on any atom is 0.335 e. The van der Waals surface area contributed by atoms with Crippen molar-refractivity contribution in [3.05, 3.63) is 65.1 Å². The Morgan fingerprint density at radius 3 is 2.62 bits per heavy atom. The van der Waals surface area contributed by atoms with E-state index < -0.39 is 11.8 Å². The summed E-state index contributed by atoms with van der Waals surface area (Å²) in [6.07, 6.45) is 1.11. The lowest BCUT2D eigenvalue weighted by Gasteiger charge is -2.09. The van der Waals surface area contributed by atoms with Crippen LogP contribution in [0.1, 0.15) is 10.4 Å². The quantitative estimate of drug-likeness (QED) is 0.763. The Morgan fingerprint density at radius 1 is 1.14 bits per heavy atom. The molecule has 0 saturated carbocycles. The van der Waals surface area contributed by atoms with Crippen LogP contribution in [0.4, 0.5) is 4.39 Å². The summed E-state index contributed by atoms with van der Waals surface area (Å²) in [6.45, 7) is 0. The second-order valence-corrected chi connectivity index (χ2v) is 4.91. The SMILES string of the molecule is O=C(O)c1ccc2c(F)cnc(-c3ccccc3Cl)c2c1. The molecule has 0 aliphatic carbocycles. The molecule has 0 aliphatic rings. The number of rotatable bonds is 2. The van der Waals surface area contributed by atoms with Crippen molar-refractivity contribution >= 4 is 28.3 Å². The third-order valence-corrected chi connectivity index (χ3v) is 3.54. The average molecular weight is 302 g/mol. The molecule has 104 valence electrons. The Balaban J connectivity index is 2.38. The summed E-state index contributed by atoms with van der Waals surface area (Å²) in [4.78, 5) is 15.2. The van der Waals surface area contributed by atoms with Crippen LogP contribution in [0.2, 0.25) is 5.02 Å². The summed E-state index contributed by atoms with van der Waals surface area (Å²) in [6, 6.07) is 11.2. The molecule has 3 aromatic rings. The lowest BCUT2D eigenvalue weighted by molar-refractivity contribution is 0.0697. The molecule has 3 rings (SSSR count). The second kappa shape index (κ2) is 5.14. The number of aromatic carboxylic acids is 1. The summed E-state index contributed by atoms with van der Waals surface area (Å²) in [5.74, 6) is -1.58. The van der Waals surface area contributed by atoms with E-state index in [4.69, 9.17) is 16.7 Å². The number of benzene rings is 2. The van der Waals surface area contributed by atoms with Crippen molar-refractivity contribution in [1.29, 1.82) is 0 Å². The summed E-state index contributed by atoms with van der Waals surface area (Å²) >= 11 is 6.15. The molecule has 1 N–H and O–H groups in total. The highest BCUT2D eigenvalue weighted by molar-refractivity contribution is 6.33. The first-order valence-electron chi connectivity index (χ1n) is 6.14. The molecule has 0 saturated heterocycles. The molecule has 0 aliphatic heterocycles. The van der Waals surface area contributed by atoms with Gasteiger partial charge in [0, 0.05) is 21.4 Å². The Labute approximate surface area is 124 Å². The van der Waals surface area contributed by atoms with Crippen molar-refractivity contribution in [2.75, 3.05) is 0 Å². The number of hydrogen-bond donors (Lipinski definition) is 1. The predicted molar refractivity (Wildman–Crippen MR) is 79.1 cm³/mol. The fraction of sp³-hybridized carbons (Fsp3) is 0. The van der Waals surface area contributed by atoms with Gasteiger partial charge in [-0.25, -0.2) is 9.18 Å². The van der Waals surface area contributed by atoms with E-state index in [0.717, 1.165) is 6.20 Å². The number of aromatic nitrogens is 1. The minimum atomic E-state index is -1.08. The van der Waals surface area contributed by atoms with Gasteiger partial charge in [-0.15, -0.1) is 0 Å². The van der Waals surface area contributed by atoms with Gasteiger partial charge in [0.15, 0.2) is 0 Å². The predicted octanol–water partition coefficient (Wildman–Crippen LogP) is 4.39. The van der Waals surface area contributed by atoms with E-state index in [9.17, 15) is 9.18 Å². The van der Waals surface area contributed by atoms with Crippen molar-refractivity contribution in [2.45, 2.75) is 0 Å². The van der Waals surface area contributed by atoms with Crippen LogP contribution >= 0.6 is 11.6 Å². The van der Waals surface area contributed by atoms with E-state index in [1.54, 1.807) is 24.3 Å². The van der Waals surface area contributed by atoms with Gasteiger partial charge < -0.3 is 5.11 Å². The molecule has 3 nitrogen and oxygen atoms in total. The zero-order valence-electron chi connectivity index (χ0n) is 10.7. The van der Waals surface area contributed by atoms with E-state index in [1.807, 2.05) is 0 Å². The van der Waals surface area contributed by atoms with Crippen LogP contribution in [0, 0.1) is 5.82 Å². The molecule has 1 heterocycles. The Hall–Kier alpha value is -2.46. The zero-order chi connectivity index (χ0) is 15.0. The number of fused-ring (bicyclic) bond motifs is 1. The molecule has 0 fully saturated rings. The van der Waals surface area contributed by atoms with Crippen LogP contribution < -0.4 is 0 Å². The van der Waals surface area contributed by atoms with Crippen LogP contribution in [0.15, 0.2) is 48.7 Å². The van der Waals surface area contributed by atoms with Crippen LogP contribution in [0.25, 0.3) is 22.0 Å². The van der Waals surface area contributed by atoms with Gasteiger partial charge >= 0.3 is 5.97 Å². The highest BCUT2D eigenvalue weighted by atomic mass is 35.5. The van der Waals surface area contributed by atoms with Crippen molar-refractivity contribution < 1.29 is 14.3 Å². The number of carbonyl (C=O) groups is 1. The topological polar surface area (TPSA) is 50.2 Å². The molecular weight excluding hydrogens is 293 g/mol. The number of hydrogen-bond acceptors (Lipinski definition) is 2. The number of pyridine rings is 1. The minimum Gasteiger partial charge on any atom is -0.478 e. The number of carboxylic acids is 1. The lowest BCUT2D eigenvalue weighted by atomic mass is 10.0. The van der Waals surface area contributed by atoms with Crippen molar-refractivity contribution in [2.24, 2.45) is 0 Å². The van der Waals surface area contributed by atoms with Gasteiger partial charge in [0.25, 0.3) is 0 Å². The zero-order valence-corrected chi connectivity index (χ0v) is 11.4. The Kier molecular flexibility index (Phi) is 3.31. The van der Waals surface area contributed by atoms with Crippen LogP contribution in [0.3, 0.4) is 0 Å². The Morgan fingerprint density at radius 2 is 1.90 bits per heavy atom. The Bertz CT molecular complexity index is 864. The van der Waals surface area contributed by atoms with Gasteiger partial charge in [-0.1, -0.05) is 35.9 Å². The largest absolute Gasteiger partial charge is 0.478 e. The van der Waals surface area contributed by atoms with Gasteiger partial charge in [0.05, 0.1) is 17.5 Å². The molecule has 0 amide bonds. The first-order valence-corrected chi connectivity index (χ1v) is 6.52. The molecule has 0 atom stereocenters. The summed E-state index contributed by atoms with van der Waals surface area (Å²) in [5, 5.41) is 10.3. The summed E-state index contributed by atoms with van der Waals surface area (Å²) in [5.41, 5.74) is 1.16. The van der Waals surface area contributed by atoms with E-state index in [0.29, 0.717) is 27.1 Å². The molecule has 0 bridgehead atoms. The molecule has 21 heavy (non-hydrogen) atoms. The third kappa shape index (κ3) is 2.34.